The molecule has 0 unspecified atom stereocenters. The van der Waals surface area contributed by atoms with E-state index >= 15 is 0 Å². The predicted octanol–water partition coefficient (Wildman–Crippen LogP) is 2.20. The second-order valence-corrected chi connectivity index (χ2v) is 4.10. The third-order valence-corrected chi connectivity index (χ3v) is 2.77. The molecule has 0 saturated heterocycles. The van der Waals surface area contributed by atoms with E-state index in [-0.39, 0.29) is 12.4 Å². The van der Waals surface area contributed by atoms with Crippen LogP contribution in [-0.2, 0) is 16.0 Å². The molecular weight excluding hydrogens is 272 g/mol. The maximum Gasteiger partial charge on any atom is 0.311 e. The van der Waals surface area contributed by atoms with Gasteiger partial charge in [0.2, 0.25) is 0 Å². The zero-order valence-corrected chi connectivity index (χ0v) is 10.4. The molecule has 2 rings (SSSR count). The first-order valence-corrected chi connectivity index (χ1v) is 5.78. The normalized spacial score (nSPS) is 10.6. The molecule has 0 radical (unpaired) electrons. The lowest BCUT2D eigenvalue weighted by molar-refractivity contribution is -0.142. The number of pyridine rings is 1. The first-order valence-electron chi connectivity index (χ1n) is 4.99. The molecule has 0 fully saturated rings. The van der Waals surface area contributed by atoms with E-state index < -0.39 is 0 Å². The Hall–Kier alpha value is -1.36. The second kappa shape index (κ2) is 4.65. The van der Waals surface area contributed by atoms with Crippen molar-refractivity contribution < 1.29 is 9.53 Å². The van der Waals surface area contributed by atoms with Gasteiger partial charge < -0.3 is 4.74 Å². The molecule has 0 amide bonds. The number of ether oxygens (including phenoxy) is 1. The second-order valence-electron chi connectivity index (χ2n) is 3.29. The number of carbonyl (C=O) groups excluding carboxylic acids is 1. The van der Waals surface area contributed by atoms with Gasteiger partial charge in [-0.2, -0.15) is 0 Å². The molecule has 16 heavy (non-hydrogen) atoms. The van der Waals surface area contributed by atoms with Crippen LogP contribution in [0.5, 0.6) is 0 Å². The molecule has 5 heteroatoms. The number of rotatable bonds is 3. The minimum atomic E-state index is -0.248. The SMILES string of the molecule is CCOC(=O)Cc1cn2c(Br)cccc2n1. The van der Waals surface area contributed by atoms with Crippen LogP contribution < -0.4 is 0 Å². The number of imidazole rings is 1. The smallest absolute Gasteiger partial charge is 0.311 e. The molecule has 2 aromatic heterocycles. The van der Waals surface area contributed by atoms with Crippen LogP contribution in [0.3, 0.4) is 0 Å². The Morgan fingerprint density at radius 2 is 2.38 bits per heavy atom. The number of nitrogens with zero attached hydrogens (tertiary/aromatic N) is 2. The average Bonchev–Trinajstić information content (AvgIpc) is 2.62. The fraction of sp³-hybridized carbons (Fsp3) is 0.273. The lowest BCUT2D eigenvalue weighted by Crippen LogP contribution is -2.07. The molecule has 0 bridgehead atoms. The molecule has 0 aliphatic rings. The summed E-state index contributed by atoms with van der Waals surface area (Å²) in [6.07, 6.45) is 2.04. The molecule has 0 saturated carbocycles. The van der Waals surface area contributed by atoms with Gasteiger partial charge in [-0.1, -0.05) is 6.07 Å². The molecule has 84 valence electrons. The summed E-state index contributed by atoms with van der Waals surface area (Å²) in [5.74, 6) is -0.248. The van der Waals surface area contributed by atoms with E-state index in [1.807, 2.05) is 28.8 Å². The van der Waals surface area contributed by atoms with Crippen molar-refractivity contribution in [3.63, 3.8) is 0 Å². The zero-order chi connectivity index (χ0) is 11.5. The maximum atomic E-state index is 11.3. The lowest BCUT2D eigenvalue weighted by atomic mass is 10.3. The maximum absolute atomic E-state index is 11.3. The lowest BCUT2D eigenvalue weighted by Gasteiger charge is -1.97. The van der Waals surface area contributed by atoms with Crippen molar-refractivity contribution in [3.8, 4) is 0 Å². The Labute approximate surface area is 101 Å². The third-order valence-electron chi connectivity index (χ3n) is 2.12. The van der Waals surface area contributed by atoms with E-state index in [1.165, 1.54) is 0 Å². The molecule has 0 aromatic carbocycles. The van der Waals surface area contributed by atoms with Gasteiger partial charge in [0.25, 0.3) is 0 Å². The summed E-state index contributed by atoms with van der Waals surface area (Å²) >= 11 is 3.41. The Morgan fingerprint density at radius 1 is 1.56 bits per heavy atom. The molecule has 0 atom stereocenters. The minimum absolute atomic E-state index is 0.210. The molecule has 2 heterocycles. The van der Waals surface area contributed by atoms with Crippen LogP contribution in [0.4, 0.5) is 0 Å². The number of aromatic nitrogens is 2. The van der Waals surface area contributed by atoms with Crippen molar-refractivity contribution in [1.82, 2.24) is 9.38 Å². The van der Waals surface area contributed by atoms with Gasteiger partial charge in [0, 0.05) is 6.20 Å². The number of halogens is 1. The molecule has 0 aliphatic heterocycles. The Morgan fingerprint density at radius 3 is 3.06 bits per heavy atom. The Bertz CT molecular complexity index is 522. The summed E-state index contributed by atoms with van der Waals surface area (Å²) in [5.41, 5.74) is 1.53. The van der Waals surface area contributed by atoms with Gasteiger partial charge in [-0.25, -0.2) is 4.98 Å². The molecular formula is C11H11BrN2O2. The van der Waals surface area contributed by atoms with Crippen LogP contribution in [0.1, 0.15) is 12.6 Å². The zero-order valence-electron chi connectivity index (χ0n) is 8.81. The number of esters is 1. The van der Waals surface area contributed by atoms with Crippen molar-refractivity contribution in [2.45, 2.75) is 13.3 Å². The van der Waals surface area contributed by atoms with Crippen molar-refractivity contribution >= 4 is 27.5 Å². The van der Waals surface area contributed by atoms with Gasteiger partial charge in [-0.15, -0.1) is 0 Å². The number of carbonyl (C=O) groups is 1. The fourth-order valence-electron chi connectivity index (χ4n) is 1.47. The highest BCUT2D eigenvalue weighted by Gasteiger charge is 2.08. The van der Waals surface area contributed by atoms with Crippen molar-refractivity contribution in [3.05, 3.63) is 34.7 Å². The van der Waals surface area contributed by atoms with Crippen molar-refractivity contribution in [2.75, 3.05) is 6.61 Å². The molecule has 2 aromatic rings. The summed E-state index contributed by atoms with van der Waals surface area (Å²) in [6, 6.07) is 5.71. The van der Waals surface area contributed by atoms with E-state index in [4.69, 9.17) is 4.74 Å². The van der Waals surface area contributed by atoms with Gasteiger partial charge in [-0.05, 0) is 35.0 Å². The first-order chi connectivity index (χ1) is 7.70. The highest BCUT2D eigenvalue weighted by molar-refractivity contribution is 9.10. The van der Waals surface area contributed by atoms with Crippen LogP contribution >= 0.6 is 15.9 Å². The molecule has 0 N–H and O–H groups in total. The molecule has 4 nitrogen and oxygen atoms in total. The van der Waals surface area contributed by atoms with Gasteiger partial charge in [0.15, 0.2) is 0 Å². The van der Waals surface area contributed by atoms with E-state index in [9.17, 15) is 4.79 Å². The first kappa shape index (κ1) is 11.1. The minimum Gasteiger partial charge on any atom is -0.466 e. The third kappa shape index (κ3) is 2.24. The predicted molar refractivity (Wildman–Crippen MR) is 63.2 cm³/mol. The van der Waals surface area contributed by atoms with Crippen LogP contribution in [-0.4, -0.2) is 22.0 Å². The Balaban J connectivity index is 2.26. The largest absolute Gasteiger partial charge is 0.466 e. The average molecular weight is 283 g/mol. The van der Waals surface area contributed by atoms with Crippen molar-refractivity contribution in [1.29, 1.82) is 0 Å². The Kier molecular flexibility index (Phi) is 3.24. The quantitative estimate of drug-likeness (QED) is 0.640. The van der Waals surface area contributed by atoms with Crippen LogP contribution in [0.25, 0.3) is 5.65 Å². The number of hydrogen-bond acceptors (Lipinski definition) is 3. The summed E-state index contributed by atoms with van der Waals surface area (Å²) in [5, 5.41) is 0. The van der Waals surface area contributed by atoms with Gasteiger partial charge in [0.1, 0.15) is 5.65 Å². The van der Waals surface area contributed by atoms with Crippen LogP contribution in [0, 0.1) is 0 Å². The molecule has 0 aliphatic carbocycles. The van der Waals surface area contributed by atoms with Crippen LogP contribution in [0.15, 0.2) is 29.0 Å². The fourth-order valence-corrected chi connectivity index (χ4v) is 1.91. The molecule has 0 spiro atoms. The topological polar surface area (TPSA) is 43.6 Å². The van der Waals surface area contributed by atoms with Crippen molar-refractivity contribution in [2.24, 2.45) is 0 Å². The summed E-state index contributed by atoms with van der Waals surface area (Å²) in [6.45, 7) is 2.19. The van der Waals surface area contributed by atoms with Gasteiger partial charge >= 0.3 is 5.97 Å². The highest BCUT2D eigenvalue weighted by Crippen LogP contribution is 2.14. The monoisotopic (exact) mass is 282 g/mol. The number of hydrogen-bond donors (Lipinski definition) is 0. The number of fused-ring (bicyclic) bond motifs is 1. The van der Waals surface area contributed by atoms with Gasteiger partial charge in [-0.3, -0.25) is 9.20 Å². The van der Waals surface area contributed by atoms with Crippen LogP contribution in [0.2, 0.25) is 0 Å². The highest BCUT2D eigenvalue weighted by atomic mass is 79.9. The van der Waals surface area contributed by atoms with E-state index in [2.05, 4.69) is 20.9 Å². The standard InChI is InChI=1S/C11H11BrN2O2/c1-2-16-11(15)6-8-7-14-9(12)4-3-5-10(14)13-8/h3-5,7H,2,6H2,1H3. The van der Waals surface area contributed by atoms with E-state index in [0.717, 1.165) is 10.3 Å². The van der Waals surface area contributed by atoms with E-state index in [1.54, 1.807) is 6.92 Å². The van der Waals surface area contributed by atoms with Gasteiger partial charge in [0.05, 0.1) is 23.3 Å². The van der Waals surface area contributed by atoms with E-state index in [0.29, 0.717) is 12.3 Å². The summed E-state index contributed by atoms with van der Waals surface area (Å²) < 4.78 is 7.67. The summed E-state index contributed by atoms with van der Waals surface area (Å²) in [4.78, 5) is 15.6. The summed E-state index contributed by atoms with van der Waals surface area (Å²) in [7, 11) is 0.